The summed E-state index contributed by atoms with van der Waals surface area (Å²) in [7, 11) is 0. The molecule has 0 aromatic heterocycles. The molecule has 1 unspecified atom stereocenters. The number of nitrogens with one attached hydrogen (secondary N) is 1. The van der Waals surface area contributed by atoms with E-state index < -0.39 is 0 Å². The molecule has 1 atom stereocenters. The van der Waals surface area contributed by atoms with Crippen LogP contribution < -0.4 is 5.32 Å². The first-order chi connectivity index (χ1) is 9.17. The van der Waals surface area contributed by atoms with Crippen molar-refractivity contribution < 1.29 is 0 Å². The molecule has 0 amide bonds. The van der Waals surface area contributed by atoms with Gasteiger partial charge in [-0.15, -0.1) is 0 Å². The van der Waals surface area contributed by atoms with E-state index in [4.69, 9.17) is 0 Å². The topological polar surface area (TPSA) is 15.3 Å². The molecule has 19 heavy (non-hydrogen) atoms. The van der Waals surface area contributed by atoms with Crippen LogP contribution >= 0.6 is 0 Å². The predicted molar refractivity (Wildman–Crippen MR) is 85.7 cm³/mol. The van der Waals surface area contributed by atoms with Gasteiger partial charge in [0.1, 0.15) is 0 Å². The summed E-state index contributed by atoms with van der Waals surface area (Å²) in [5.74, 6) is 0. The van der Waals surface area contributed by atoms with Crippen LogP contribution in [0.1, 0.15) is 79.1 Å². The van der Waals surface area contributed by atoms with Gasteiger partial charge >= 0.3 is 0 Å². The van der Waals surface area contributed by atoms with Crippen LogP contribution in [0.4, 0.5) is 0 Å². The molecule has 0 bridgehead atoms. The van der Waals surface area contributed by atoms with E-state index in [1.165, 1.54) is 71.0 Å². The third-order valence-electron chi connectivity index (χ3n) is 5.08. The van der Waals surface area contributed by atoms with Crippen LogP contribution in [-0.2, 0) is 0 Å². The molecule has 1 heterocycles. The number of rotatable bonds is 8. The van der Waals surface area contributed by atoms with Gasteiger partial charge in [-0.3, -0.25) is 4.90 Å². The summed E-state index contributed by atoms with van der Waals surface area (Å²) in [5.41, 5.74) is 0.369. The molecule has 0 saturated carbocycles. The zero-order valence-corrected chi connectivity index (χ0v) is 13.8. The maximum Gasteiger partial charge on any atom is 0.0303 e. The highest BCUT2D eigenvalue weighted by atomic mass is 15.2. The van der Waals surface area contributed by atoms with Crippen molar-refractivity contribution in [2.45, 2.75) is 90.6 Å². The minimum Gasteiger partial charge on any atom is -0.310 e. The molecular weight excluding hydrogens is 232 g/mol. The molecule has 0 aliphatic carbocycles. The maximum atomic E-state index is 3.81. The third-order valence-corrected chi connectivity index (χ3v) is 5.08. The van der Waals surface area contributed by atoms with Crippen LogP contribution in [0.5, 0.6) is 0 Å². The highest BCUT2D eigenvalue weighted by molar-refractivity contribution is 4.92. The average molecular weight is 268 g/mol. The molecule has 1 rings (SSSR count). The van der Waals surface area contributed by atoms with Gasteiger partial charge in [0.25, 0.3) is 0 Å². The van der Waals surface area contributed by atoms with Crippen LogP contribution in [-0.4, -0.2) is 36.1 Å². The lowest BCUT2D eigenvalue weighted by Gasteiger charge is -2.38. The molecule has 0 spiro atoms. The van der Waals surface area contributed by atoms with Crippen LogP contribution in [0.3, 0.4) is 0 Å². The van der Waals surface area contributed by atoms with Crippen LogP contribution in [0.15, 0.2) is 0 Å². The lowest BCUT2D eigenvalue weighted by molar-refractivity contribution is 0.149. The molecule has 2 heteroatoms. The zero-order valence-electron chi connectivity index (χ0n) is 13.8. The Bertz CT molecular complexity index is 223. The predicted octanol–water partition coefficient (Wildman–Crippen LogP) is 4.20. The highest BCUT2D eigenvalue weighted by Crippen LogP contribution is 2.22. The van der Waals surface area contributed by atoms with E-state index in [1.807, 2.05) is 0 Å². The normalized spacial score (nSPS) is 22.1. The van der Waals surface area contributed by atoms with Crippen molar-refractivity contribution in [1.29, 1.82) is 0 Å². The van der Waals surface area contributed by atoms with Gasteiger partial charge in [-0.25, -0.2) is 0 Å². The summed E-state index contributed by atoms with van der Waals surface area (Å²) in [4.78, 5) is 2.75. The molecule has 114 valence electrons. The fourth-order valence-corrected chi connectivity index (χ4v) is 3.31. The average Bonchev–Trinajstić information content (AvgIpc) is 2.66. The Hall–Kier alpha value is -0.0800. The van der Waals surface area contributed by atoms with E-state index in [0.717, 1.165) is 6.04 Å². The van der Waals surface area contributed by atoms with Crippen molar-refractivity contribution in [3.8, 4) is 0 Å². The largest absolute Gasteiger partial charge is 0.310 e. The van der Waals surface area contributed by atoms with Crippen molar-refractivity contribution in [3.63, 3.8) is 0 Å². The summed E-state index contributed by atoms with van der Waals surface area (Å²) in [6.07, 6.45) is 10.8. The first-order valence-electron chi connectivity index (χ1n) is 8.66. The highest BCUT2D eigenvalue weighted by Gasteiger charge is 2.31. The van der Waals surface area contributed by atoms with Gasteiger partial charge in [-0.1, -0.05) is 46.5 Å². The Labute approximate surface area is 121 Å². The Kier molecular flexibility index (Phi) is 8.01. The van der Waals surface area contributed by atoms with Gasteiger partial charge in [-0.2, -0.15) is 0 Å². The van der Waals surface area contributed by atoms with Gasteiger partial charge < -0.3 is 5.32 Å². The van der Waals surface area contributed by atoms with Gasteiger partial charge in [-0.05, 0) is 45.7 Å². The molecule has 1 N–H and O–H groups in total. The summed E-state index contributed by atoms with van der Waals surface area (Å²) < 4.78 is 0. The van der Waals surface area contributed by atoms with E-state index in [0.29, 0.717) is 5.54 Å². The minimum atomic E-state index is 0.369. The molecule has 1 fully saturated rings. The van der Waals surface area contributed by atoms with Crippen molar-refractivity contribution in [3.05, 3.63) is 0 Å². The Morgan fingerprint density at radius 1 is 1.11 bits per heavy atom. The SMILES string of the molecule is CCCCCCC(C)N1CCCNC(CC)(CC)C1. The van der Waals surface area contributed by atoms with Crippen LogP contribution in [0.2, 0.25) is 0 Å². The van der Waals surface area contributed by atoms with E-state index in [-0.39, 0.29) is 0 Å². The second-order valence-corrected chi connectivity index (χ2v) is 6.44. The summed E-state index contributed by atoms with van der Waals surface area (Å²) in [6, 6.07) is 0.759. The van der Waals surface area contributed by atoms with Gasteiger partial charge in [0.05, 0.1) is 0 Å². The molecule has 0 aromatic rings. The monoisotopic (exact) mass is 268 g/mol. The number of hydrogen-bond donors (Lipinski definition) is 1. The fourth-order valence-electron chi connectivity index (χ4n) is 3.31. The summed E-state index contributed by atoms with van der Waals surface area (Å²) in [6.45, 7) is 13.1. The smallest absolute Gasteiger partial charge is 0.0303 e. The van der Waals surface area contributed by atoms with Crippen molar-refractivity contribution >= 4 is 0 Å². The van der Waals surface area contributed by atoms with Crippen molar-refractivity contribution in [2.75, 3.05) is 19.6 Å². The quantitative estimate of drug-likeness (QED) is 0.664. The molecule has 0 radical (unpaired) electrons. The van der Waals surface area contributed by atoms with E-state index in [9.17, 15) is 0 Å². The van der Waals surface area contributed by atoms with Gasteiger partial charge in [0.2, 0.25) is 0 Å². The number of unbranched alkanes of at least 4 members (excludes halogenated alkanes) is 3. The minimum absolute atomic E-state index is 0.369. The second-order valence-electron chi connectivity index (χ2n) is 6.44. The third kappa shape index (κ3) is 5.43. The Morgan fingerprint density at radius 3 is 2.47 bits per heavy atom. The maximum absolute atomic E-state index is 3.81. The van der Waals surface area contributed by atoms with Gasteiger partial charge in [0, 0.05) is 18.1 Å². The summed E-state index contributed by atoms with van der Waals surface area (Å²) >= 11 is 0. The number of hydrogen-bond acceptors (Lipinski definition) is 2. The second kappa shape index (κ2) is 8.97. The zero-order chi connectivity index (χ0) is 14.1. The van der Waals surface area contributed by atoms with E-state index in [2.05, 4.69) is 37.9 Å². The van der Waals surface area contributed by atoms with Gasteiger partial charge in [0.15, 0.2) is 0 Å². The van der Waals surface area contributed by atoms with Crippen molar-refractivity contribution in [1.82, 2.24) is 10.2 Å². The first kappa shape index (κ1) is 17.0. The molecule has 1 aliphatic rings. The van der Waals surface area contributed by atoms with E-state index >= 15 is 0 Å². The van der Waals surface area contributed by atoms with Crippen LogP contribution in [0, 0.1) is 0 Å². The molecule has 2 nitrogen and oxygen atoms in total. The Balaban J connectivity index is 2.45. The molecule has 1 saturated heterocycles. The molecule has 1 aliphatic heterocycles. The van der Waals surface area contributed by atoms with E-state index in [1.54, 1.807) is 0 Å². The lowest BCUT2D eigenvalue weighted by Crippen LogP contribution is -2.52. The standard InChI is InChI=1S/C17H36N2/c1-5-8-9-10-12-16(4)19-14-11-13-18-17(6-2,7-3)15-19/h16,18H,5-15H2,1-4H3. The van der Waals surface area contributed by atoms with Crippen LogP contribution in [0.25, 0.3) is 0 Å². The molecular formula is C17H36N2. The number of nitrogens with zero attached hydrogens (tertiary/aromatic N) is 1. The fraction of sp³-hybridized carbons (Fsp3) is 1.00. The first-order valence-corrected chi connectivity index (χ1v) is 8.66. The summed E-state index contributed by atoms with van der Waals surface area (Å²) in [5, 5.41) is 3.81. The lowest BCUT2D eigenvalue weighted by atomic mass is 9.91. The Morgan fingerprint density at radius 2 is 1.84 bits per heavy atom. The molecule has 0 aromatic carbocycles. The van der Waals surface area contributed by atoms with Crippen molar-refractivity contribution in [2.24, 2.45) is 0 Å².